The van der Waals surface area contributed by atoms with E-state index in [1.165, 1.54) is 0 Å². The van der Waals surface area contributed by atoms with Crippen molar-refractivity contribution < 1.29 is 9.53 Å². The zero-order valence-electron chi connectivity index (χ0n) is 8.85. The fourth-order valence-corrected chi connectivity index (χ4v) is 2.08. The Kier molecular flexibility index (Phi) is 6.52. The zero-order chi connectivity index (χ0) is 9.26. The van der Waals surface area contributed by atoms with Gasteiger partial charge in [-0.1, -0.05) is 0 Å². The number of ether oxygens (including phenoxy) is 1. The van der Waals surface area contributed by atoms with Gasteiger partial charge in [-0.05, 0) is 6.92 Å². The number of nitrogens with zero attached hydrogens (tertiary/aromatic N) is 2. The normalized spacial score (nSPS) is 32.5. The molecule has 3 fully saturated rings. The summed E-state index contributed by atoms with van der Waals surface area (Å²) in [7, 11) is 0. The highest BCUT2D eigenvalue weighted by Gasteiger charge is 2.36. The lowest BCUT2D eigenvalue weighted by Gasteiger charge is -2.45. The Balaban J connectivity index is 0.000000980. The van der Waals surface area contributed by atoms with Crippen molar-refractivity contribution in [3.8, 4) is 0 Å². The van der Waals surface area contributed by atoms with Crippen LogP contribution in [0.3, 0.4) is 0 Å². The Labute approximate surface area is 103 Å². The highest BCUT2D eigenvalue weighted by atomic mass is 35.5. The van der Waals surface area contributed by atoms with E-state index in [0.29, 0.717) is 6.61 Å². The van der Waals surface area contributed by atoms with Gasteiger partial charge in [0.1, 0.15) is 6.04 Å². The van der Waals surface area contributed by atoms with Crippen molar-refractivity contribution in [3.63, 3.8) is 0 Å². The third-order valence-electron chi connectivity index (χ3n) is 2.84. The maximum absolute atomic E-state index is 11.5. The predicted octanol–water partition coefficient (Wildman–Crippen LogP) is 0.393. The molecule has 0 radical (unpaired) electrons. The van der Waals surface area contributed by atoms with Gasteiger partial charge >= 0.3 is 5.97 Å². The molecule has 3 aliphatic heterocycles. The molecule has 0 aromatic heterocycles. The smallest absolute Gasteiger partial charge is 0.324 e. The second-order valence-corrected chi connectivity index (χ2v) is 3.60. The molecule has 4 nitrogen and oxygen atoms in total. The van der Waals surface area contributed by atoms with E-state index in [4.69, 9.17) is 4.74 Å². The van der Waals surface area contributed by atoms with Crippen molar-refractivity contribution in [2.75, 3.05) is 39.3 Å². The SMILES string of the molecule is CCOC(=O)C1CN2CCN1CC2.Cl.Cl. The fourth-order valence-electron chi connectivity index (χ4n) is 2.08. The van der Waals surface area contributed by atoms with E-state index in [2.05, 4.69) is 9.80 Å². The molecule has 1 unspecified atom stereocenters. The van der Waals surface area contributed by atoms with Crippen LogP contribution in [-0.4, -0.2) is 61.1 Å². The van der Waals surface area contributed by atoms with Crippen molar-refractivity contribution in [3.05, 3.63) is 0 Å². The number of piperazine rings is 3. The van der Waals surface area contributed by atoms with Crippen LogP contribution in [0.5, 0.6) is 0 Å². The second kappa shape index (κ2) is 6.53. The third-order valence-corrected chi connectivity index (χ3v) is 2.84. The Morgan fingerprint density at radius 3 is 2.27 bits per heavy atom. The van der Waals surface area contributed by atoms with Crippen LogP contribution in [0, 0.1) is 0 Å². The molecule has 0 aromatic carbocycles. The minimum absolute atomic E-state index is 0. The lowest BCUT2D eigenvalue weighted by molar-refractivity contribution is -0.154. The van der Waals surface area contributed by atoms with Crippen LogP contribution in [0.2, 0.25) is 0 Å². The summed E-state index contributed by atoms with van der Waals surface area (Å²) in [4.78, 5) is 16.1. The van der Waals surface area contributed by atoms with Crippen LogP contribution in [0.15, 0.2) is 0 Å². The molecule has 1 atom stereocenters. The zero-order valence-corrected chi connectivity index (χ0v) is 10.5. The van der Waals surface area contributed by atoms with Gasteiger partial charge in [-0.15, -0.1) is 24.8 Å². The van der Waals surface area contributed by atoms with E-state index >= 15 is 0 Å². The van der Waals surface area contributed by atoms with Crippen molar-refractivity contribution in [2.24, 2.45) is 0 Å². The molecule has 3 heterocycles. The molecule has 0 aliphatic carbocycles. The monoisotopic (exact) mass is 256 g/mol. The Bertz CT molecular complexity index is 208. The van der Waals surface area contributed by atoms with Crippen LogP contribution in [0.4, 0.5) is 0 Å². The van der Waals surface area contributed by atoms with E-state index in [-0.39, 0.29) is 36.8 Å². The number of hydrogen-bond acceptors (Lipinski definition) is 4. The van der Waals surface area contributed by atoms with E-state index in [0.717, 1.165) is 32.7 Å². The van der Waals surface area contributed by atoms with Crippen molar-refractivity contribution in [1.82, 2.24) is 9.80 Å². The number of rotatable bonds is 2. The highest BCUT2D eigenvalue weighted by molar-refractivity contribution is 5.85. The fraction of sp³-hybridized carbons (Fsp3) is 0.889. The Morgan fingerprint density at radius 2 is 1.87 bits per heavy atom. The Morgan fingerprint density at radius 1 is 1.27 bits per heavy atom. The second-order valence-electron chi connectivity index (χ2n) is 3.60. The average molecular weight is 257 g/mol. The summed E-state index contributed by atoms with van der Waals surface area (Å²) < 4.78 is 5.03. The minimum atomic E-state index is -0.0492. The van der Waals surface area contributed by atoms with Crippen LogP contribution < -0.4 is 0 Å². The quantitative estimate of drug-likeness (QED) is 0.670. The number of hydrogen-bond donors (Lipinski definition) is 0. The van der Waals surface area contributed by atoms with Gasteiger partial charge in [-0.25, -0.2) is 0 Å². The number of fused-ring (bicyclic) bond motifs is 3. The summed E-state index contributed by atoms with van der Waals surface area (Å²) in [6.07, 6.45) is 0. The van der Waals surface area contributed by atoms with Crippen LogP contribution in [0.25, 0.3) is 0 Å². The molecule has 3 rings (SSSR count). The van der Waals surface area contributed by atoms with E-state index in [1.807, 2.05) is 6.92 Å². The molecule has 0 N–H and O–H groups in total. The summed E-state index contributed by atoms with van der Waals surface area (Å²) in [6.45, 7) is 7.45. The lowest BCUT2D eigenvalue weighted by Crippen LogP contribution is -2.63. The molecule has 0 aromatic rings. The molecular formula is C9H18Cl2N2O2. The number of carbonyl (C=O) groups is 1. The summed E-state index contributed by atoms with van der Waals surface area (Å²) in [5.74, 6) is -0.0492. The van der Waals surface area contributed by atoms with Gasteiger partial charge in [-0.2, -0.15) is 0 Å². The van der Waals surface area contributed by atoms with Gasteiger partial charge in [-0.3, -0.25) is 14.6 Å². The average Bonchev–Trinajstić information content (AvgIpc) is 2.20. The molecule has 0 amide bonds. The molecule has 15 heavy (non-hydrogen) atoms. The summed E-state index contributed by atoms with van der Waals surface area (Å²) in [5, 5.41) is 0. The van der Waals surface area contributed by atoms with Crippen molar-refractivity contribution in [2.45, 2.75) is 13.0 Å². The molecule has 3 saturated heterocycles. The first-order valence-corrected chi connectivity index (χ1v) is 4.94. The standard InChI is InChI=1S/C9H16N2O2.2ClH/c1-2-13-9(12)8-7-10-3-5-11(8)6-4-10;;/h8H,2-7H2,1H3;2*1H. The Hall–Kier alpha value is -0.0300. The number of esters is 1. The summed E-state index contributed by atoms with van der Waals surface area (Å²) in [6, 6.07) is 0.00227. The maximum Gasteiger partial charge on any atom is 0.324 e. The third kappa shape index (κ3) is 3.21. The van der Waals surface area contributed by atoms with Gasteiger partial charge in [0.25, 0.3) is 0 Å². The van der Waals surface area contributed by atoms with Gasteiger partial charge in [0.05, 0.1) is 6.61 Å². The molecular weight excluding hydrogens is 239 g/mol. The van der Waals surface area contributed by atoms with Gasteiger partial charge in [0, 0.05) is 32.7 Å². The molecule has 0 spiro atoms. The largest absolute Gasteiger partial charge is 0.465 e. The van der Waals surface area contributed by atoms with Crippen LogP contribution >= 0.6 is 24.8 Å². The lowest BCUT2D eigenvalue weighted by atomic mass is 10.1. The van der Waals surface area contributed by atoms with Gasteiger partial charge in [0.15, 0.2) is 0 Å². The summed E-state index contributed by atoms with van der Waals surface area (Å²) >= 11 is 0. The van der Waals surface area contributed by atoms with E-state index in [1.54, 1.807) is 0 Å². The number of halogens is 2. The summed E-state index contributed by atoms with van der Waals surface area (Å²) in [5.41, 5.74) is 0. The first-order valence-electron chi connectivity index (χ1n) is 4.94. The number of carbonyl (C=O) groups excluding carboxylic acids is 1. The van der Waals surface area contributed by atoms with Crippen LogP contribution in [0.1, 0.15) is 6.92 Å². The minimum Gasteiger partial charge on any atom is -0.465 e. The first kappa shape index (κ1) is 15.0. The van der Waals surface area contributed by atoms with E-state index in [9.17, 15) is 4.79 Å². The van der Waals surface area contributed by atoms with Crippen molar-refractivity contribution >= 4 is 30.8 Å². The van der Waals surface area contributed by atoms with Crippen molar-refractivity contribution in [1.29, 1.82) is 0 Å². The molecule has 0 saturated carbocycles. The molecule has 6 heteroatoms. The molecule has 90 valence electrons. The predicted molar refractivity (Wildman–Crippen MR) is 62.9 cm³/mol. The van der Waals surface area contributed by atoms with Crippen LogP contribution in [-0.2, 0) is 9.53 Å². The molecule has 2 bridgehead atoms. The highest BCUT2D eigenvalue weighted by Crippen LogP contribution is 2.16. The first-order chi connectivity index (χ1) is 6.31. The topological polar surface area (TPSA) is 32.8 Å². The van der Waals surface area contributed by atoms with Gasteiger partial charge < -0.3 is 4.74 Å². The molecule has 3 aliphatic rings. The van der Waals surface area contributed by atoms with E-state index < -0.39 is 0 Å². The maximum atomic E-state index is 11.5. The van der Waals surface area contributed by atoms with Gasteiger partial charge in [0.2, 0.25) is 0 Å².